The Balaban J connectivity index is 1.97. The molecule has 104 valence electrons. The molecule has 2 rings (SSSR count). The number of rotatable bonds is 3. The molecule has 0 aromatic heterocycles. The number of guanidine groups is 1. The molecule has 0 saturated heterocycles. The average molecular weight is 259 g/mol. The Hall–Kier alpha value is -1.51. The van der Waals surface area contributed by atoms with Crippen LogP contribution in [0.3, 0.4) is 0 Å². The number of nitrogens with one attached hydrogen (secondary N) is 2. The lowest BCUT2D eigenvalue weighted by Crippen LogP contribution is -2.47. The minimum absolute atomic E-state index is 0.0402. The summed E-state index contributed by atoms with van der Waals surface area (Å²) in [5.41, 5.74) is 2.99. The monoisotopic (exact) mass is 259 g/mol. The molecule has 3 nitrogen and oxygen atoms in total. The van der Waals surface area contributed by atoms with Crippen molar-refractivity contribution in [3.63, 3.8) is 0 Å². The molecule has 1 atom stereocenters. The van der Waals surface area contributed by atoms with Crippen molar-refractivity contribution in [1.82, 2.24) is 10.6 Å². The van der Waals surface area contributed by atoms with Crippen LogP contribution in [0.5, 0.6) is 0 Å². The zero-order valence-electron chi connectivity index (χ0n) is 12.5. The first-order valence-corrected chi connectivity index (χ1v) is 7.14. The van der Waals surface area contributed by atoms with E-state index in [0.717, 1.165) is 25.5 Å². The number of hydrogen-bond donors (Lipinski definition) is 2. The molecule has 0 saturated carbocycles. The lowest BCUT2D eigenvalue weighted by atomic mass is 9.78. The molecular weight excluding hydrogens is 234 g/mol. The standard InChI is InChI=1S/C16H25N3/c1-5-17-15(19-16(2,3)4)18-11-13-10-12-8-6-7-9-14(12)13/h6-9,13H,5,10-11H2,1-4H3,(H2,17,18,19). The molecule has 3 heteroatoms. The zero-order valence-corrected chi connectivity index (χ0v) is 12.5. The lowest BCUT2D eigenvalue weighted by Gasteiger charge is -2.29. The molecule has 2 N–H and O–H groups in total. The third-order valence-electron chi connectivity index (χ3n) is 3.27. The number of aliphatic imine (C=N–C) groups is 1. The number of fused-ring (bicyclic) bond motifs is 1. The van der Waals surface area contributed by atoms with Gasteiger partial charge in [0.15, 0.2) is 5.96 Å². The van der Waals surface area contributed by atoms with Crippen LogP contribution >= 0.6 is 0 Å². The van der Waals surface area contributed by atoms with Crippen LogP contribution in [-0.2, 0) is 6.42 Å². The van der Waals surface area contributed by atoms with Crippen molar-refractivity contribution in [2.75, 3.05) is 13.1 Å². The summed E-state index contributed by atoms with van der Waals surface area (Å²) in [6, 6.07) is 8.67. The molecular formula is C16H25N3. The van der Waals surface area contributed by atoms with Crippen molar-refractivity contribution < 1.29 is 0 Å². The van der Waals surface area contributed by atoms with E-state index in [9.17, 15) is 0 Å². The van der Waals surface area contributed by atoms with Crippen LogP contribution < -0.4 is 10.6 Å². The third kappa shape index (κ3) is 3.72. The van der Waals surface area contributed by atoms with E-state index in [2.05, 4.69) is 62.6 Å². The molecule has 1 unspecified atom stereocenters. The normalized spacial score (nSPS) is 18.5. The van der Waals surface area contributed by atoms with Crippen LogP contribution in [0, 0.1) is 0 Å². The topological polar surface area (TPSA) is 36.4 Å². The highest BCUT2D eigenvalue weighted by Crippen LogP contribution is 2.34. The number of nitrogens with zero attached hydrogens (tertiary/aromatic N) is 1. The van der Waals surface area contributed by atoms with E-state index < -0.39 is 0 Å². The van der Waals surface area contributed by atoms with Gasteiger partial charge in [-0.15, -0.1) is 0 Å². The predicted octanol–water partition coefficient (Wildman–Crippen LogP) is 2.68. The van der Waals surface area contributed by atoms with Crippen LogP contribution in [0.1, 0.15) is 44.7 Å². The fraction of sp³-hybridized carbons (Fsp3) is 0.562. The Bertz CT molecular complexity index is 457. The van der Waals surface area contributed by atoms with Crippen molar-refractivity contribution in [3.8, 4) is 0 Å². The van der Waals surface area contributed by atoms with Crippen LogP contribution in [0.2, 0.25) is 0 Å². The van der Waals surface area contributed by atoms with Crippen molar-refractivity contribution in [2.24, 2.45) is 4.99 Å². The summed E-state index contributed by atoms with van der Waals surface area (Å²) in [6.45, 7) is 10.3. The first kappa shape index (κ1) is 13.9. The van der Waals surface area contributed by atoms with Crippen molar-refractivity contribution >= 4 is 5.96 Å². The average Bonchev–Trinajstić information content (AvgIpc) is 2.28. The third-order valence-corrected chi connectivity index (χ3v) is 3.27. The summed E-state index contributed by atoms with van der Waals surface area (Å²) >= 11 is 0. The summed E-state index contributed by atoms with van der Waals surface area (Å²) in [5.74, 6) is 1.51. The van der Waals surface area contributed by atoms with Gasteiger partial charge >= 0.3 is 0 Å². The first-order valence-electron chi connectivity index (χ1n) is 7.14. The second-order valence-corrected chi connectivity index (χ2v) is 6.19. The molecule has 0 radical (unpaired) electrons. The molecule has 0 amide bonds. The SMILES string of the molecule is CCNC(=NCC1Cc2ccccc21)NC(C)(C)C. The summed E-state index contributed by atoms with van der Waals surface area (Å²) in [5, 5.41) is 6.73. The van der Waals surface area contributed by atoms with Gasteiger partial charge in [-0.05, 0) is 45.2 Å². The second-order valence-electron chi connectivity index (χ2n) is 6.19. The van der Waals surface area contributed by atoms with Crippen LogP contribution in [0.4, 0.5) is 0 Å². The molecule has 0 aliphatic heterocycles. The molecule has 1 aromatic rings. The molecule has 0 spiro atoms. The van der Waals surface area contributed by atoms with E-state index in [1.165, 1.54) is 11.1 Å². The summed E-state index contributed by atoms with van der Waals surface area (Å²) in [4.78, 5) is 4.71. The fourth-order valence-corrected chi connectivity index (χ4v) is 2.39. The molecule has 0 heterocycles. The highest BCUT2D eigenvalue weighted by Gasteiger charge is 2.25. The van der Waals surface area contributed by atoms with Crippen molar-refractivity contribution in [2.45, 2.75) is 45.6 Å². The maximum Gasteiger partial charge on any atom is 0.191 e. The largest absolute Gasteiger partial charge is 0.357 e. The van der Waals surface area contributed by atoms with Gasteiger partial charge in [-0.1, -0.05) is 24.3 Å². The van der Waals surface area contributed by atoms with Gasteiger partial charge in [-0.3, -0.25) is 4.99 Å². The molecule has 1 aliphatic rings. The molecule has 0 fully saturated rings. The van der Waals surface area contributed by atoms with Crippen molar-refractivity contribution in [1.29, 1.82) is 0 Å². The highest BCUT2D eigenvalue weighted by molar-refractivity contribution is 5.80. The smallest absolute Gasteiger partial charge is 0.191 e. The van der Waals surface area contributed by atoms with Gasteiger partial charge in [-0.25, -0.2) is 0 Å². The van der Waals surface area contributed by atoms with E-state index in [1.54, 1.807) is 0 Å². The van der Waals surface area contributed by atoms with Gasteiger partial charge in [0.1, 0.15) is 0 Å². The minimum atomic E-state index is 0.0402. The molecule has 0 bridgehead atoms. The predicted molar refractivity (Wildman–Crippen MR) is 81.8 cm³/mol. The quantitative estimate of drug-likeness (QED) is 0.647. The Morgan fingerprint density at radius 3 is 2.68 bits per heavy atom. The molecule has 1 aromatic carbocycles. The van der Waals surface area contributed by atoms with Gasteiger partial charge in [0.2, 0.25) is 0 Å². The van der Waals surface area contributed by atoms with Crippen molar-refractivity contribution in [3.05, 3.63) is 35.4 Å². The fourth-order valence-electron chi connectivity index (χ4n) is 2.39. The lowest BCUT2D eigenvalue weighted by molar-refractivity contribution is 0.499. The summed E-state index contributed by atoms with van der Waals surface area (Å²) in [7, 11) is 0. The Morgan fingerprint density at radius 2 is 2.05 bits per heavy atom. The highest BCUT2D eigenvalue weighted by atomic mass is 15.2. The van der Waals surface area contributed by atoms with Gasteiger partial charge in [0.25, 0.3) is 0 Å². The maximum absolute atomic E-state index is 4.71. The number of hydrogen-bond acceptors (Lipinski definition) is 1. The van der Waals surface area contributed by atoms with E-state index in [-0.39, 0.29) is 5.54 Å². The molecule has 19 heavy (non-hydrogen) atoms. The van der Waals surface area contributed by atoms with E-state index in [0.29, 0.717) is 5.92 Å². The van der Waals surface area contributed by atoms with E-state index >= 15 is 0 Å². The maximum atomic E-state index is 4.71. The van der Waals surface area contributed by atoms with Crippen LogP contribution in [0.15, 0.2) is 29.3 Å². The Labute approximate surface area is 116 Å². The Morgan fingerprint density at radius 1 is 1.32 bits per heavy atom. The van der Waals surface area contributed by atoms with E-state index in [4.69, 9.17) is 4.99 Å². The summed E-state index contributed by atoms with van der Waals surface area (Å²) < 4.78 is 0. The zero-order chi connectivity index (χ0) is 13.9. The van der Waals surface area contributed by atoms with Gasteiger partial charge < -0.3 is 10.6 Å². The summed E-state index contributed by atoms with van der Waals surface area (Å²) in [6.07, 6.45) is 1.16. The van der Waals surface area contributed by atoms with Gasteiger partial charge in [0, 0.05) is 24.5 Å². The minimum Gasteiger partial charge on any atom is -0.357 e. The number of benzene rings is 1. The second kappa shape index (κ2) is 5.64. The first-order chi connectivity index (χ1) is 8.99. The Kier molecular flexibility index (Phi) is 4.13. The van der Waals surface area contributed by atoms with Gasteiger partial charge in [-0.2, -0.15) is 0 Å². The van der Waals surface area contributed by atoms with Gasteiger partial charge in [0.05, 0.1) is 0 Å². The van der Waals surface area contributed by atoms with Crippen LogP contribution in [0.25, 0.3) is 0 Å². The van der Waals surface area contributed by atoms with E-state index in [1.807, 2.05) is 0 Å². The van der Waals surface area contributed by atoms with Crippen LogP contribution in [-0.4, -0.2) is 24.6 Å². The molecule has 1 aliphatic carbocycles.